The van der Waals surface area contributed by atoms with E-state index in [2.05, 4.69) is 11.8 Å². The summed E-state index contributed by atoms with van der Waals surface area (Å²) >= 11 is 0. The van der Waals surface area contributed by atoms with Gasteiger partial charge < -0.3 is 10.6 Å². The monoisotopic (exact) mass is 196 g/mol. The van der Waals surface area contributed by atoms with Gasteiger partial charge in [0.15, 0.2) is 0 Å². The van der Waals surface area contributed by atoms with Crippen molar-refractivity contribution in [3.63, 3.8) is 0 Å². The van der Waals surface area contributed by atoms with Gasteiger partial charge in [-0.25, -0.2) is 0 Å². The van der Waals surface area contributed by atoms with E-state index in [9.17, 15) is 0 Å². The number of nitrogens with two attached hydrogens (primary N) is 1. The van der Waals surface area contributed by atoms with Crippen LogP contribution in [0.1, 0.15) is 39.0 Å². The van der Waals surface area contributed by atoms with Crippen molar-refractivity contribution in [1.82, 2.24) is 4.90 Å². The van der Waals surface area contributed by atoms with Crippen LogP contribution in [-0.2, 0) is 0 Å². The molecule has 1 unspecified atom stereocenters. The van der Waals surface area contributed by atoms with Crippen molar-refractivity contribution in [1.29, 1.82) is 0 Å². The zero-order valence-corrected chi connectivity index (χ0v) is 9.41. The molecule has 0 aromatic rings. The lowest BCUT2D eigenvalue weighted by Gasteiger charge is -2.34. The first-order valence-electron chi connectivity index (χ1n) is 6.23. The SMILES string of the molecule is CC1CCN(C2CCC(CN)CC2)C1. The fourth-order valence-electron chi connectivity index (χ4n) is 3.05. The van der Waals surface area contributed by atoms with Gasteiger partial charge in [-0.2, -0.15) is 0 Å². The molecule has 82 valence electrons. The smallest absolute Gasteiger partial charge is 0.00955 e. The molecule has 1 aliphatic carbocycles. The lowest BCUT2D eigenvalue weighted by atomic mass is 9.85. The number of hydrogen-bond donors (Lipinski definition) is 1. The Balaban J connectivity index is 1.78. The molecule has 1 heterocycles. The van der Waals surface area contributed by atoms with Gasteiger partial charge in [0.05, 0.1) is 0 Å². The fraction of sp³-hybridized carbons (Fsp3) is 1.00. The van der Waals surface area contributed by atoms with Crippen LogP contribution in [0.25, 0.3) is 0 Å². The predicted molar refractivity (Wildman–Crippen MR) is 60.2 cm³/mol. The summed E-state index contributed by atoms with van der Waals surface area (Å²) < 4.78 is 0. The highest BCUT2D eigenvalue weighted by Crippen LogP contribution is 2.30. The zero-order valence-electron chi connectivity index (χ0n) is 9.41. The third-order valence-electron chi connectivity index (χ3n) is 4.12. The van der Waals surface area contributed by atoms with Crippen molar-refractivity contribution in [2.45, 2.75) is 45.1 Å². The number of rotatable bonds is 2. The summed E-state index contributed by atoms with van der Waals surface area (Å²) in [4.78, 5) is 2.72. The number of hydrogen-bond acceptors (Lipinski definition) is 2. The van der Waals surface area contributed by atoms with E-state index < -0.39 is 0 Å². The molecule has 2 rings (SSSR count). The van der Waals surface area contributed by atoms with Gasteiger partial charge in [-0.05, 0) is 57.0 Å². The van der Waals surface area contributed by atoms with Crippen LogP contribution in [0.3, 0.4) is 0 Å². The standard InChI is InChI=1S/C12H24N2/c1-10-6-7-14(9-10)12-4-2-11(8-13)3-5-12/h10-12H,2-9,13H2,1H3. The quantitative estimate of drug-likeness (QED) is 0.730. The third kappa shape index (κ3) is 2.29. The van der Waals surface area contributed by atoms with Gasteiger partial charge in [0, 0.05) is 12.6 Å². The summed E-state index contributed by atoms with van der Waals surface area (Å²) in [5.74, 6) is 1.76. The maximum Gasteiger partial charge on any atom is 0.00955 e. The summed E-state index contributed by atoms with van der Waals surface area (Å²) in [5, 5.41) is 0. The molecule has 2 aliphatic rings. The predicted octanol–water partition coefficient (Wildman–Crippen LogP) is 1.85. The Bertz CT molecular complexity index is 173. The Morgan fingerprint density at radius 2 is 1.86 bits per heavy atom. The van der Waals surface area contributed by atoms with Crippen LogP contribution in [0.2, 0.25) is 0 Å². The maximum absolute atomic E-state index is 5.71. The Morgan fingerprint density at radius 1 is 1.14 bits per heavy atom. The van der Waals surface area contributed by atoms with Crippen molar-refractivity contribution < 1.29 is 0 Å². The molecule has 1 atom stereocenters. The van der Waals surface area contributed by atoms with E-state index in [1.165, 1.54) is 45.2 Å². The van der Waals surface area contributed by atoms with E-state index in [1.54, 1.807) is 0 Å². The minimum absolute atomic E-state index is 0.825. The molecule has 2 nitrogen and oxygen atoms in total. The van der Waals surface area contributed by atoms with E-state index in [1.807, 2.05) is 0 Å². The van der Waals surface area contributed by atoms with Gasteiger partial charge in [-0.3, -0.25) is 0 Å². The van der Waals surface area contributed by atoms with Crippen LogP contribution in [0.5, 0.6) is 0 Å². The van der Waals surface area contributed by atoms with Crippen LogP contribution < -0.4 is 5.73 Å². The molecule has 2 fully saturated rings. The Labute approximate surface area is 87.8 Å². The van der Waals surface area contributed by atoms with Crippen LogP contribution in [-0.4, -0.2) is 30.6 Å². The van der Waals surface area contributed by atoms with E-state index in [0.717, 1.165) is 24.4 Å². The lowest BCUT2D eigenvalue weighted by Crippen LogP contribution is -2.37. The molecule has 1 saturated heterocycles. The maximum atomic E-state index is 5.71. The average molecular weight is 196 g/mol. The topological polar surface area (TPSA) is 29.3 Å². The van der Waals surface area contributed by atoms with E-state index in [0.29, 0.717) is 0 Å². The lowest BCUT2D eigenvalue weighted by molar-refractivity contribution is 0.162. The Kier molecular flexibility index (Phi) is 3.45. The second-order valence-electron chi connectivity index (χ2n) is 5.30. The number of nitrogens with zero attached hydrogens (tertiary/aromatic N) is 1. The molecule has 2 heteroatoms. The van der Waals surface area contributed by atoms with Gasteiger partial charge >= 0.3 is 0 Å². The summed E-state index contributed by atoms with van der Waals surface area (Å²) in [6.45, 7) is 5.98. The molecule has 0 radical (unpaired) electrons. The fourth-order valence-corrected chi connectivity index (χ4v) is 3.05. The molecular formula is C12H24N2. The highest BCUT2D eigenvalue weighted by molar-refractivity contribution is 4.84. The molecule has 14 heavy (non-hydrogen) atoms. The first kappa shape index (κ1) is 10.4. The summed E-state index contributed by atoms with van der Waals surface area (Å²) in [6.07, 6.45) is 6.94. The summed E-state index contributed by atoms with van der Waals surface area (Å²) in [6, 6.07) is 0.891. The Hall–Kier alpha value is -0.0800. The Morgan fingerprint density at radius 3 is 2.36 bits per heavy atom. The summed E-state index contributed by atoms with van der Waals surface area (Å²) in [5.41, 5.74) is 5.71. The molecule has 1 saturated carbocycles. The van der Waals surface area contributed by atoms with Gasteiger partial charge in [-0.15, -0.1) is 0 Å². The highest BCUT2D eigenvalue weighted by Gasteiger charge is 2.29. The van der Waals surface area contributed by atoms with Gasteiger partial charge in [-0.1, -0.05) is 6.92 Å². The normalized spacial score (nSPS) is 40.3. The van der Waals surface area contributed by atoms with Crippen molar-refractivity contribution in [3.05, 3.63) is 0 Å². The summed E-state index contributed by atoms with van der Waals surface area (Å²) in [7, 11) is 0. The largest absolute Gasteiger partial charge is 0.330 e. The van der Waals surface area contributed by atoms with Crippen molar-refractivity contribution in [3.8, 4) is 0 Å². The van der Waals surface area contributed by atoms with Crippen LogP contribution in [0, 0.1) is 11.8 Å². The van der Waals surface area contributed by atoms with Crippen LogP contribution in [0.15, 0.2) is 0 Å². The van der Waals surface area contributed by atoms with Gasteiger partial charge in [0.25, 0.3) is 0 Å². The van der Waals surface area contributed by atoms with Crippen molar-refractivity contribution in [2.75, 3.05) is 19.6 Å². The molecule has 0 aromatic carbocycles. The van der Waals surface area contributed by atoms with E-state index in [4.69, 9.17) is 5.73 Å². The van der Waals surface area contributed by atoms with E-state index in [-0.39, 0.29) is 0 Å². The molecule has 0 aromatic heterocycles. The first-order chi connectivity index (χ1) is 6.79. The molecule has 0 bridgehead atoms. The van der Waals surface area contributed by atoms with Crippen molar-refractivity contribution >= 4 is 0 Å². The highest BCUT2D eigenvalue weighted by atomic mass is 15.2. The second kappa shape index (κ2) is 4.63. The third-order valence-corrected chi connectivity index (χ3v) is 4.12. The second-order valence-corrected chi connectivity index (χ2v) is 5.30. The minimum atomic E-state index is 0.825. The van der Waals surface area contributed by atoms with Crippen LogP contribution in [0.4, 0.5) is 0 Å². The van der Waals surface area contributed by atoms with Crippen molar-refractivity contribution in [2.24, 2.45) is 17.6 Å². The first-order valence-corrected chi connectivity index (χ1v) is 6.23. The molecule has 0 amide bonds. The molecular weight excluding hydrogens is 172 g/mol. The molecule has 0 spiro atoms. The molecule has 1 aliphatic heterocycles. The minimum Gasteiger partial charge on any atom is -0.330 e. The van der Waals surface area contributed by atoms with E-state index >= 15 is 0 Å². The number of likely N-dealkylation sites (tertiary alicyclic amines) is 1. The average Bonchev–Trinajstić information content (AvgIpc) is 2.65. The zero-order chi connectivity index (χ0) is 9.97. The van der Waals surface area contributed by atoms with Gasteiger partial charge in [0.1, 0.15) is 0 Å². The van der Waals surface area contributed by atoms with Gasteiger partial charge in [0.2, 0.25) is 0 Å². The molecule has 2 N–H and O–H groups in total. The van der Waals surface area contributed by atoms with Crippen LogP contribution >= 0.6 is 0 Å².